The number of nitrogen functional groups attached to an aromatic ring is 1. The molecular formula is C16H21N3O. The van der Waals surface area contributed by atoms with Gasteiger partial charge in [-0.1, -0.05) is 25.0 Å². The summed E-state index contributed by atoms with van der Waals surface area (Å²) in [7, 11) is 3.69. The van der Waals surface area contributed by atoms with Crippen molar-refractivity contribution >= 4 is 5.82 Å². The number of imidazole rings is 1. The number of hydrogen-bond acceptors (Lipinski definition) is 3. The number of anilines is 1. The van der Waals surface area contributed by atoms with Crippen LogP contribution < -0.4 is 10.5 Å². The molecule has 1 fully saturated rings. The van der Waals surface area contributed by atoms with Crippen molar-refractivity contribution in [3.8, 4) is 17.0 Å². The van der Waals surface area contributed by atoms with Gasteiger partial charge in [0.05, 0.1) is 7.11 Å². The molecule has 1 aliphatic rings. The summed E-state index contributed by atoms with van der Waals surface area (Å²) in [6, 6.07) is 7.90. The maximum absolute atomic E-state index is 6.27. The molecule has 1 aromatic carbocycles. The minimum Gasteiger partial charge on any atom is -0.496 e. The van der Waals surface area contributed by atoms with E-state index in [1.807, 2.05) is 35.9 Å². The number of methoxy groups -OCH3 is 1. The standard InChI is InChI=1S/C16H21N3O/c1-19-15(17)14(12-9-5-6-10-13(12)20-2)18-16(19)11-7-3-4-8-11/h5-6,9-11H,3-4,7-8,17H2,1-2H3. The van der Waals surface area contributed by atoms with Crippen LogP contribution in [0.5, 0.6) is 5.75 Å². The van der Waals surface area contributed by atoms with Gasteiger partial charge in [-0.15, -0.1) is 0 Å². The van der Waals surface area contributed by atoms with Gasteiger partial charge in [0.2, 0.25) is 0 Å². The highest BCUT2D eigenvalue weighted by atomic mass is 16.5. The van der Waals surface area contributed by atoms with E-state index in [-0.39, 0.29) is 0 Å². The maximum atomic E-state index is 6.27. The molecule has 106 valence electrons. The van der Waals surface area contributed by atoms with Crippen molar-refractivity contribution in [3.05, 3.63) is 30.1 Å². The minimum absolute atomic E-state index is 0.547. The first-order valence-corrected chi connectivity index (χ1v) is 7.18. The van der Waals surface area contributed by atoms with Crippen LogP contribution in [-0.4, -0.2) is 16.7 Å². The van der Waals surface area contributed by atoms with E-state index in [1.54, 1.807) is 7.11 Å². The van der Waals surface area contributed by atoms with E-state index in [0.717, 1.165) is 28.6 Å². The Balaban J connectivity index is 2.08. The van der Waals surface area contributed by atoms with Gasteiger partial charge in [-0.3, -0.25) is 0 Å². The summed E-state index contributed by atoms with van der Waals surface area (Å²) in [6.07, 6.45) is 5.02. The molecule has 0 unspecified atom stereocenters. The Bertz CT molecular complexity index is 612. The van der Waals surface area contributed by atoms with Crippen LogP contribution in [-0.2, 0) is 7.05 Å². The lowest BCUT2D eigenvalue weighted by Gasteiger charge is -2.08. The van der Waals surface area contributed by atoms with Gasteiger partial charge in [0.25, 0.3) is 0 Å². The smallest absolute Gasteiger partial charge is 0.131 e. The van der Waals surface area contributed by atoms with Crippen LogP contribution in [0.2, 0.25) is 0 Å². The second kappa shape index (κ2) is 5.19. The molecule has 1 heterocycles. The number of aromatic nitrogens is 2. The third-order valence-corrected chi connectivity index (χ3v) is 4.26. The van der Waals surface area contributed by atoms with Crippen LogP contribution in [0.15, 0.2) is 24.3 Å². The van der Waals surface area contributed by atoms with E-state index in [9.17, 15) is 0 Å². The first-order chi connectivity index (χ1) is 9.72. The molecule has 2 aromatic rings. The van der Waals surface area contributed by atoms with Crippen molar-refractivity contribution in [3.63, 3.8) is 0 Å². The molecule has 2 N–H and O–H groups in total. The molecule has 0 spiro atoms. The van der Waals surface area contributed by atoms with Crippen LogP contribution in [0, 0.1) is 0 Å². The van der Waals surface area contributed by atoms with Gasteiger partial charge in [-0.2, -0.15) is 0 Å². The molecule has 0 saturated heterocycles. The Kier molecular flexibility index (Phi) is 3.38. The lowest BCUT2D eigenvalue weighted by molar-refractivity contribution is 0.416. The SMILES string of the molecule is COc1ccccc1-c1nc(C2CCCC2)n(C)c1N. The average molecular weight is 271 g/mol. The number of nitrogens with two attached hydrogens (primary N) is 1. The summed E-state index contributed by atoms with van der Waals surface area (Å²) in [6.45, 7) is 0. The summed E-state index contributed by atoms with van der Waals surface area (Å²) in [4.78, 5) is 4.83. The fourth-order valence-electron chi connectivity index (χ4n) is 3.12. The predicted molar refractivity (Wildman–Crippen MR) is 80.8 cm³/mol. The Morgan fingerprint density at radius 3 is 2.65 bits per heavy atom. The van der Waals surface area contributed by atoms with Crippen molar-refractivity contribution in [1.82, 2.24) is 9.55 Å². The molecule has 4 heteroatoms. The molecule has 1 aliphatic carbocycles. The van der Waals surface area contributed by atoms with Gasteiger partial charge in [0, 0.05) is 18.5 Å². The van der Waals surface area contributed by atoms with Gasteiger partial charge in [0.1, 0.15) is 23.1 Å². The Morgan fingerprint density at radius 1 is 1.25 bits per heavy atom. The minimum atomic E-state index is 0.547. The van der Waals surface area contributed by atoms with E-state index in [4.69, 9.17) is 15.5 Å². The number of nitrogens with zero attached hydrogens (tertiary/aromatic N) is 2. The quantitative estimate of drug-likeness (QED) is 0.931. The first-order valence-electron chi connectivity index (χ1n) is 7.18. The second-order valence-corrected chi connectivity index (χ2v) is 5.44. The highest BCUT2D eigenvalue weighted by Gasteiger charge is 2.25. The molecule has 1 saturated carbocycles. The van der Waals surface area contributed by atoms with E-state index in [2.05, 4.69) is 0 Å². The van der Waals surface area contributed by atoms with Gasteiger partial charge in [0.15, 0.2) is 0 Å². The largest absolute Gasteiger partial charge is 0.496 e. The summed E-state index contributed by atoms with van der Waals surface area (Å²) in [5.74, 6) is 3.19. The molecule has 0 amide bonds. The zero-order valence-electron chi connectivity index (χ0n) is 12.1. The maximum Gasteiger partial charge on any atom is 0.131 e. The molecular weight excluding hydrogens is 250 g/mol. The fraction of sp³-hybridized carbons (Fsp3) is 0.438. The topological polar surface area (TPSA) is 53.1 Å². The Labute approximate surface area is 119 Å². The van der Waals surface area contributed by atoms with Crippen LogP contribution in [0.1, 0.15) is 37.4 Å². The third kappa shape index (κ3) is 2.05. The van der Waals surface area contributed by atoms with Crippen molar-refractivity contribution < 1.29 is 4.74 Å². The Hall–Kier alpha value is -1.97. The van der Waals surface area contributed by atoms with E-state index < -0.39 is 0 Å². The summed E-state index contributed by atoms with van der Waals surface area (Å²) in [5.41, 5.74) is 8.08. The summed E-state index contributed by atoms with van der Waals surface area (Å²) < 4.78 is 7.46. The van der Waals surface area contributed by atoms with Crippen molar-refractivity contribution in [2.24, 2.45) is 7.05 Å². The zero-order chi connectivity index (χ0) is 14.1. The van der Waals surface area contributed by atoms with Crippen LogP contribution >= 0.6 is 0 Å². The van der Waals surface area contributed by atoms with Crippen molar-refractivity contribution in [1.29, 1.82) is 0 Å². The molecule has 4 nitrogen and oxygen atoms in total. The number of ether oxygens (including phenoxy) is 1. The van der Waals surface area contributed by atoms with Crippen LogP contribution in [0.4, 0.5) is 5.82 Å². The number of hydrogen-bond donors (Lipinski definition) is 1. The molecule has 0 bridgehead atoms. The van der Waals surface area contributed by atoms with Gasteiger partial charge < -0.3 is 15.0 Å². The highest BCUT2D eigenvalue weighted by Crippen LogP contribution is 2.38. The van der Waals surface area contributed by atoms with E-state index >= 15 is 0 Å². The predicted octanol–water partition coefficient (Wildman–Crippen LogP) is 3.34. The summed E-state index contributed by atoms with van der Waals surface area (Å²) in [5, 5.41) is 0. The van der Waals surface area contributed by atoms with Gasteiger partial charge >= 0.3 is 0 Å². The molecule has 1 aromatic heterocycles. The summed E-state index contributed by atoms with van der Waals surface area (Å²) >= 11 is 0. The normalized spacial score (nSPS) is 15.7. The van der Waals surface area contributed by atoms with Crippen molar-refractivity contribution in [2.75, 3.05) is 12.8 Å². The number of benzene rings is 1. The van der Waals surface area contributed by atoms with E-state index in [1.165, 1.54) is 25.7 Å². The highest BCUT2D eigenvalue weighted by molar-refractivity contribution is 5.76. The molecule has 20 heavy (non-hydrogen) atoms. The number of rotatable bonds is 3. The molecule has 3 rings (SSSR count). The zero-order valence-corrected chi connectivity index (χ0v) is 12.1. The lowest BCUT2D eigenvalue weighted by atomic mass is 10.1. The number of para-hydroxylation sites is 1. The van der Waals surface area contributed by atoms with E-state index in [0.29, 0.717) is 5.92 Å². The lowest BCUT2D eigenvalue weighted by Crippen LogP contribution is -2.05. The monoisotopic (exact) mass is 271 g/mol. The van der Waals surface area contributed by atoms with Crippen LogP contribution in [0.3, 0.4) is 0 Å². The van der Waals surface area contributed by atoms with Crippen molar-refractivity contribution in [2.45, 2.75) is 31.6 Å². The molecule has 0 atom stereocenters. The van der Waals surface area contributed by atoms with Crippen LogP contribution in [0.25, 0.3) is 11.3 Å². The van der Waals surface area contributed by atoms with Gasteiger partial charge in [-0.25, -0.2) is 4.98 Å². The molecule has 0 aliphatic heterocycles. The fourth-order valence-corrected chi connectivity index (χ4v) is 3.12. The first kappa shape index (κ1) is 13.0. The van der Waals surface area contributed by atoms with Gasteiger partial charge in [-0.05, 0) is 25.0 Å². The Morgan fingerprint density at radius 2 is 1.95 bits per heavy atom. The average Bonchev–Trinajstić information content (AvgIpc) is 3.09. The molecule has 0 radical (unpaired) electrons. The third-order valence-electron chi connectivity index (χ3n) is 4.26. The second-order valence-electron chi connectivity index (χ2n) is 5.44.